The molecule has 7 heteroatoms. The summed E-state index contributed by atoms with van der Waals surface area (Å²) in [6, 6.07) is 0. The van der Waals surface area contributed by atoms with Crippen molar-refractivity contribution in [1.29, 1.82) is 0 Å². The molecular formula is C6H9BrN4O2. The highest BCUT2D eigenvalue weighted by atomic mass is 79.9. The molecule has 0 aliphatic heterocycles. The minimum absolute atomic E-state index is 0.178. The lowest BCUT2D eigenvalue weighted by molar-refractivity contribution is -0.140. The summed E-state index contributed by atoms with van der Waals surface area (Å²) in [5, 5.41) is 3.85. The highest BCUT2D eigenvalue weighted by molar-refractivity contribution is 9.10. The van der Waals surface area contributed by atoms with Crippen molar-refractivity contribution in [1.82, 2.24) is 14.8 Å². The zero-order valence-corrected chi connectivity index (χ0v) is 8.61. The molecule has 13 heavy (non-hydrogen) atoms. The fourth-order valence-corrected chi connectivity index (χ4v) is 1.22. The monoisotopic (exact) mass is 248 g/mol. The summed E-state index contributed by atoms with van der Waals surface area (Å²) in [6.45, 7) is 0.400. The fraction of sp³-hybridized carbons (Fsp3) is 0.500. The van der Waals surface area contributed by atoms with Crippen LogP contribution in [0.1, 0.15) is 6.42 Å². The number of aromatic nitrogens is 3. The summed E-state index contributed by atoms with van der Waals surface area (Å²) >= 11 is 3.15. The smallest absolute Gasteiger partial charge is 0.307 e. The van der Waals surface area contributed by atoms with Crippen LogP contribution in [-0.4, -0.2) is 27.8 Å². The van der Waals surface area contributed by atoms with E-state index in [2.05, 4.69) is 30.7 Å². The van der Waals surface area contributed by atoms with Crippen LogP contribution in [0.4, 0.5) is 5.95 Å². The normalized spacial score (nSPS) is 10.0. The van der Waals surface area contributed by atoms with Gasteiger partial charge in [0, 0.05) is 0 Å². The number of nitrogens with zero attached hydrogens (tertiary/aromatic N) is 3. The second kappa shape index (κ2) is 4.22. The molecule has 2 N–H and O–H groups in total. The van der Waals surface area contributed by atoms with Crippen LogP contribution in [0.15, 0.2) is 4.73 Å². The van der Waals surface area contributed by atoms with Gasteiger partial charge >= 0.3 is 5.97 Å². The van der Waals surface area contributed by atoms with Crippen molar-refractivity contribution in [3.05, 3.63) is 4.73 Å². The molecular weight excluding hydrogens is 240 g/mol. The average Bonchev–Trinajstić information content (AvgIpc) is 2.41. The van der Waals surface area contributed by atoms with Gasteiger partial charge in [0.25, 0.3) is 0 Å². The molecule has 0 saturated carbocycles. The number of hydrogen-bond donors (Lipinski definition) is 1. The second-order valence-electron chi connectivity index (χ2n) is 2.29. The van der Waals surface area contributed by atoms with Gasteiger partial charge in [-0.15, -0.1) is 5.10 Å². The van der Waals surface area contributed by atoms with Gasteiger partial charge < -0.3 is 10.5 Å². The van der Waals surface area contributed by atoms with Crippen LogP contribution in [0.25, 0.3) is 0 Å². The molecule has 1 aromatic rings. The molecule has 0 unspecified atom stereocenters. The number of aryl methyl sites for hydroxylation is 1. The highest BCUT2D eigenvalue weighted by Gasteiger charge is 2.06. The molecule has 1 rings (SSSR count). The maximum Gasteiger partial charge on any atom is 0.307 e. The number of carbonyl (C=O) groups excluding carboxylic acids is 1. The number of nitrogen functional groups attached to an aromatic ring is 1. The van der Waals surface area contributed by atoms with Crippen LogP contribution >= 0.6 is 15.9 Å². The molecule has 0 aromatic carbocycles. The predicted molar refractivity (Wildman–Crippen MR) is 48.8 cm³/mol. The van der Waals surface area contributed by atoms with Crippen molar-refractivity contribution in [3.63, 3.8) is 0 Å². The van der Waals surface area contributed by atoms with Crippen molar-refractivity contribution < 1.29 is 9.53 Å². The summed E-state index contributed by atoms with van der Waals surface area (Å²) in [7, 11) is 1.34. The van der Waals surface area contributed by atoms with E-state index in [1.54, 1.807) is 0 Å². The lowest BCUT2D eigenvalue weighted by Gasteiger charge is -1.99. The molecule has 1 heterocycles. The molecule has 0 aliphatic carbocycles. The number of halogens is 1. The SMILES string of the molecule is COC(=O)CCn1nc(N)nc1Br. The molecule has 0 radical (unpaired) electrons. The number of ether oxygens (including phenoxy) is 1. The first-order valence-electron chi connectivity index (χ1n) is 3.56. The number of nitrogens with two attached hydrogens (primary N) is 1. The molecule has 0 saturated heterocycles. The molecule has 0 fully saturated rings. The van der Waals surface area contributed by atoms with Crippen LogP contribution < -0.4 is 5.73 Å². The largest absolute Gasteiger partial charge is 0.469 e. The number of anilines is 1. The van der Waals surface area contributed by atoms with Gasteiger partial charge in [-0.1, -0.05) is 0 Å². The Labute approximate surface area is 83.2 Å². The molecule has 0 spiro atoms. The number of hydrogen-bond acceptors (Lipinski definition) is 5. The average molecular weight is 249 g/mol. The van der Waals surface area contributed by atoms with Gasteiger partial charge in [0.15, 0.2) is 4.73 Å². The number of methoxy groups -OCH3 is 1. The van der Waals surface area contributed by atoms with Gasteiger partial charge in [-0.25, -0.2) is 4.68 Å². The molecule has 0 bridgehead atoms. The van der Waals surface area contributed by atoms with E-state index in [4.69, 9.17) is 5.73 Å². The molecule has 1 aromatic heterocycles. The topological polar surface area (TPSA) is 83.0 Å². The van der Waals surface area contributed by atoms with Crippen LogP contribution in [0.5, 0.6) is 0 Å². The molecule has 6 nitrogen and oxygen atoms in total. The molecule has 0 atom stereocenters. The summed E-state index contributed by atoms with van der Waals surface area (Å²) in [5.74, 6) is -0.113. The van der Waals surface area contributed by atoms with E-state index < -0.39 is 0 Å². The Bertz CT molecular complexity index is 312. The van der Waals surface area contributed by atoms with E-state index in [1.165, 1.54) is 11.8 Å². The first kappa shape index (κ1) is 9.97. The van der Waals surface area contributed by atoms with E-state index in [0.29, 0.717) is 11.3 Å². The molecule has 0 aliphatic rings. The summed E-state index contributed by atoms with van der Waals surface area (Å²) in [5.41, 5.74) is 5.33. The highest BCUT2D eigenvalue weighted by Crippen LogP contribution is 2.08. The van der Waals surface area contributed by atoms with E-state index in [1.807, 2.05) is 0 Å². The van der Waals surface area contributed by atoms with E-state index in [9.17, 15) is 4.79 Å². The fourth-order valence-electron chi connectivity index (χ4n) is 0.781. The third-order valence-corrected chi connectivity index (χ3v) is 1.99. The first-order chi connectivity index (χ1) is 6.13. The summed E-state index contributed by atoms with van der Waals surface area (Å²) in [6.07, 6.45) is 0.248. The van der Waals surface area contributed by atoms with E-state index in [0.717, 1.165) is 0 Å². The standard InChI is InChI=1S/C6H9BrN4O2/c1-13-4(12)2-3-11-5(7)9-6(8)10-11/h2-3H2,1H3,(H2,8,10). The van der Waals surface area contributed by atoms with Crippen molar-refractivity contribution >= 4 is 27.8 Å². The Morgan fingerprint density at radius 1 is 1.77 bits per heavy atom. The summed E-state index contributed by atoms with van der Waals surface area (Å²) < 4.78 is 6.47. The zero-order valence-electron chi connectivity index (χ0n) is 7.03. The lowest BCUT2D eigenvalue weighted by atomic mass is 10.4. The second-order valence-corrected chi connectivity index (χ2v) is 3.00. The van der Waals surface area contributed by atoms with Gasteiger partial charge in [-0.05, 0) is 15.9 Å². The minimum atomic E-state index is -0.291. The van der Waals surface area contributed by atoms with Crippen LogP contribution in [0.3, 0.4) is 0 Å². The van der Waals surface area contributed by atoms with Crippen molar-refractivity contribution in [2.75, 3.05) is 12.8 Å². The Morgan fingerprint density at radius 2 is 2.46 bits per heavy atom. The van der Waals surface area contributed by atoms with Crippen LogP contribution in [0, 0.1) is 0 Å². The zero-order chi connectivity index (χ0) is 9.84. The Hall–Kier alpha value is -1.11. The Morgan fingerprint density at radius 3 is 2.92 bits per heavy atom. The van der Waals surface area contributed by atoms with E-state index >= 15 is 0 Å². The molecule has 72 valence electrons. The van der Waals surface area contributed by atoms with Gasteiger partial charge in [-0.2, -0.15) is 4.98 Å². The van der Waals surface area contributed by atoms with Gasteiger partial charge in [0.1, 0.15) is 0 Å². The third kappa shape index (κ3) is 2.69. The van der Waals surface area contributed by atoms with Crippen molar-refractivity contribution in [2.24, 2.45) is 0 Å². The minimum Gasteiger partial charge on any atom is -0.469 e. The first-order valence-corrected chi connectivity index (χ1v) is 4.35. The van der Waals surface area contributed by atoms with Gasteiger partial charge in [-0.3, -0.25) is 4.79 Å². The number of rotatable bonds is 3. The number of esters is 1. The summed E-state index contributed by atoms with van der Waals surface area (Å²) in [4.78, 5) is 14.6. The van der Waals surface area contributed by atoms with Crippen LogP contribution in [0.2, 0.25) is 0 Å². The van der Waals surface area contributed by atoms with Crippen molar-refractivity contribution in [3.8, 4) is 0 Å². The van der Waals surface area contributed by atoms with E-state index in [-0.39, 0.29) is 18.3 Å². The molecule has 0 amide bonds. The maximum absolute atomic E-state index is 10.8. The van der Waals surface area contributed by atoms with Gasteiger partial charge in [0.05, 0.1) is 20.1 Å². The van der Waals surface area contributed by atoms with Crippen LogP contribution in [-0.2, 0) is 16.1 Å². The Kier molecular flexibility index (Phi) is 3.24. The predicted octanol–water partition coefficient (Wildman–Crippen LogP) is 0.186. The lowest BCUT2D eigenvalue weighted by Crippen LogP contribution is -2.08. The Balaban J connectivity index is 2.54. The third-order valence-electron chi connectivity index (χ3n) is 1.40. The quantitative estimate of drug-likeness (QED) is 0.773. The van der Waals surface area contributed by atoms with Gasteiger partial charge in [0.2, 0.25) is 5.95 Å². The van der Waals surface area contributed by atoms with Crippen molar-refractivity contribution in [2.45, 2.75) is 13.0 Å². The maximum atomic E-state index is 10.8. The number of carbonyl (C=O) groups is 1.